The van der Waals surface area contributed by atoms with Crippen molar-refractivity contribution in [2.45, 2.75) is 5.33 Å². The fraction of sp³-hybridized carbons (Fsp3) is 0.222. The number of carboxylic acids is 1. The first-order valence-electron chi connectivity index (χ1n) is 4.15. The minimum atomic E-state index is -1.34. The molecular formula is C9H8BrNO5. The van der Waals surface area contributed by atoms with Crippen LogP contribution < -0.4 is 4.74 Å². The zero-order chi connectivity index (χ0) is 12.3. The van der Waals surface area contributed by atoms with Crippen molar-refractivity contribution in [1.29, 1.82) is 0 Å². The van der Waals surface area contributed by atoms with Crippen molar-refractivity contribution in [2.75, 3.05) is 7.11 Å². The molecule has 1 N–H and O–H groups in total. The number of methoxy groups -OCH3 is 1. The van der Waals surface area contributed by atoms with Gasteiger partial charge in [-0.15, -0.1) is 0 Å². The molecule has 0 saturated heterocycles. The van der Waals surface area contributed by atoms with E-state index in [2.05, 4.69) is 15.9 Å². The van der Waals surface area contributed by atoms with Crippen LogP contribution in [0.1, 0.15) is 15.9 Å². The Morgan fingerprint density at radius 3 is 2.62 bits per heavy atom. The lowest BCUT2D eigenvalue weighted by Gasteiger charge is -2.07. The van der Waals surface area contributed by atoms with E-state index in [0.29, 0.717) is 10.9 Å². The quantitative estimate of drug-likeness (QED) is 0.521. The van der Waals surface area contributed by atoms with Crippen LogP contribution in [0.4, 0.5) is 5.69 Å². The summed E-state index contributed by atoms with van der Waals surface area (Å²) in [5.74, 6) is -1.05. The summed E-state index contributed by atoms with van der Waals surface area (Å²) in [7, 11) is 1.37. The summed E-state index contributed by atoms with van der Waals surface area (Å²) >= 11 is 3.15. The van der Waals surface area contributed by atoms with E-state index in [-0.39, 0.29) is 11.3 Å². The first-order valence-corrected chi connectivity index (χ1v) is 5.28. The fourth-order valence-corrected chi connectivity index (χ4v) is 1.67. The van der Waals surface area contributed by atoms with Crippen LogP contribution in [0.3, 0.4) is 0 Å². The number of ether oxygens (including phenoxy) is 1. The summed E-state index contributed by atoms with van der Waals surface area (Å²) in [5, 5.41) is 19.9. The largest absolute Gasteiger partial charge is 0.496 e. The van der Waals surface area contributed by atoms with Crippen molar-refractivity contribution in [3.8, 4) is 5.75 Å². The van der Waals surface area contributed by atoms with E-state index < -0.39 is 16.6 Å². The maximum absolute atomic E-state index is 10.8. The third-order valence-corrected chi connectivity index (χ3v) is 2.57. The third-order valence-electron chi connectivity index (χ3n) is 1.97. The maximum atomic E-state index is 10.8. The molecule has 0 aromatic heterocycles. The van der Waals surface area contributed by atoms with E-state index >= 15 is 0 Å². The fourth-order valence-electron chi connectivity index (χ4n) is 1.23. The molecule has 0 aliphatic heterocycles. The van der Waals surface area contributed by atoms with E-state index in [1.807, 2.05) is 0 Å². The Morgan fingerprint density at radius 1 is 1.62 bits per heavy atom. The molecule has 1 rings (SSSR count). The van der Waals surface area contributed by atoms with Crippen LogP contribution in [0.25, 0.3) is 0 Å². The van der Waals surface area contributed by atoms with E-state index in [0.717, 1.165) is 6.07 Å². The van der Waals surface area contributed by atoms with Gasteiger partial charge in [0.15, 0.2) is 0 Å². The number of hydrogen-bond donors (Lipinski definition) is 1. The average molecular weight is 290 g/mol. The number of nitro benzene ring substituents is 1. The lowest BCUT2D eigenvalue weighted by atomic mass is 10.1. The van der Waals surface area contributed by atoms with Crippen LogP contribution in [-0.4, -0.2) is 23.1 Å². The summed E-state index contributed by atoms with van der Waals surface area (Å²) in [4.78, 5) is 20.8. The van der Waals surface area contributed by atoms with Crippen molar-refractivity contribution >= 4 is 27.6 Å². The zero-order valence-corrected chi connectivity index (χ0v) is 9.85. The van der Waals surface area contributed by atoms with E-state index in [4.69, 9.17) is 9.84 Å². The first-order chi connectivity index (χ1) is 7.51. The van der Waals surface area contributed by atoms with Gasteiger partial charge in [-0.05, 0) is 6.07 Å². The molecule has 1 aromatic carbocycles. The Labute approximate surface area is 99.1 Å². The summed E-state index contributed by atoms with van der Waals surface area (Å²) in [6.45, 7) is 0. The number of carboxylic acid groups (broad SMARTS) is 1. The predicted molar refractivity (Wildman–Crippen MR) is 59.2 cm³/mol. The highest BCUT2D eigenvalue weighted by Gasteiger charge is 2.22. The van der Waals surface area contributed by atoms with Crippen LogP contribution in [-0.2, 0) is 5.33 Å². The molecule has 16 heavy (non-hydrogen) atoms. The van der Waals surface area contributed by atoms with E-state index in [9.17, 15) is 14.9 Å². The molecule has 0 spiro atoms. The second kappa shape index (κ2) is 4.93. The number of alkyl halides is 1. The number of rotatable bonds is 4. The van der Waals surface area contributed by atoms with Crippen molar-refractivity contribution in [1.82, 2.24) is 0 Å². The molecule has 0 fully saturated rings. The van der Waals surface area contributed by atoms with Gasteiger partial charge >= 0.3 is 5.97 Å². The number of carbonyl (C=O) groups is 1. The molecule has 0 saturated carbocycles. The number of nitrogens with zero attached hydrogens (tertiary/aromatic N) is 1. The zero-order valence-electron chi connectivity index (χ0n) is 8.27. The molecule has 0 unspecified atom stereocenters. The SMILES string of the molecule is COc1cc([N+](=O)[O-])c(C(=O)O)cc1CBr. The van der Waals surface area contributed by atoms with E-state index in [1.165, 1.54) is 13.2 Å². The Bertz CT molecular complexity index is 405. The number of benzene rings is 1. The van der Waals surface area contributed by atoms with Crippen LogP contribution in [0.2, 0.25) is 0 Å². The molecule has 0 aliphatic carbocycles. The molecule has 0 atom stereocenters. The van der Waals surface area contributed by atoms with Gasteiger partial charge < -0.3 is 9.84 Å². The maximum Gasteiger partial charge on any atom is 0.342 e. The third kappa shape index (κ3) is 2.30. The van der Waals surface area contributed by atoms with Crippen LogP contribution >= 0.6 is 15.9 Å². The Morgan fingerprint density at radius 2 is 2.25 bits per heavy atom. The summed E-state index contributed by atoms with van der Waals surface area (Å²) in [5.41, 5.74) is -0.278. The second-order valence-corrected chi connectivity index (χ2v) is 3.44. The minimum Gasteiger partial charge on any atom is -0.496 e. The normalized spacial score (nSPS) is 9.88. The molecule has 86 valence electrons. The van der Waals surface area contributed by atoms with Crippen molar-refractivity contribution < 1.29 is 19.6 Å². The van der Waals surface area contributed by atoms with Crippen molar-refractivity contribution in [2.24, 2.45) is 0 Å². The summed E-state index contributed by atoms with van der Waals surface area (Å²) in [6, 6.07) is 2.34. The standard InChI is InChI=1S/C9H8BrNO5/c1-16-8-3-7(11(14)15)6(9(12)13)2-5(8)4-10/h2-3H,4H2,1H3,(H,12,13). The summed E-state index contributed by atoms with van der Waals surface area (Å²) < 4.78 is 4.93. The highest BCUT2D eigenvalue weighted by Crippen LogP contribution is 2.30. The van der Waals surface area contributed by atoms with Gasteiger partial charge in [0.05, 0.1) is 18.1 Å². The number of hydrogen-bond acceptors (Lipinski definition) is 4. The van der Waals surface area contributed by atoms with Gasteiger partial charge in [-0.25, -0.2) is 4.79 Å². The predicted octanol–water partition coefficient (Wildman–Crippen LogP) is 2.20. The van der Waals surface area contributed by atoms with Crippen molar-refractivity contribution in [3.63, 3.8) is 0 Å². The van der Waals surface area contributed by atoms with Gasteiger partial charge in [0.1, 0.15) is 11.3 Å². The molecule has 0 aliphatic rings. The average Bonchev–Trinajstić information content (AvgIpc) is 2.26. The number of aromatic carboxylic acids is 1. The second-order valence-electron chi connectivity index (χ2n) is 2.88. The van der Waals surface area contributed by atoms with Crippen LogP contribution in [0, 0.1) is 10.1 Å². The first kappa shape index (κ1) is 12.4. The van der Waals surface area contributed by atoms with E-state index in [1.54, 1.807) is 0 Å². The van der Waals surface area contributed by atoms with Gasteiger partial charge in [-0.1, -0.05) is 15.9 Å². The molecule has 0 bridgehead atoms. The van der Waals surface area contributed by atoms with Gasteiger partial charge in [0, 0.05) is 10.9 Å². The van der Waals surface area contributed by atoms with Gasteiger partial charge in [0.2, 0.25) is 0 Å². The highest BCUT2D eigenvalue weighted by molar-refractivity contribution is 9.08. The minimum absolute atomic E-state index is 0.286. The molecular weight excluding hydrogens is 282 g/mol. The van der Waals surface area contributed by atoms with Gasteiger partial charge in [0.25, 0.3) is 5.69 Å². The Kier molecular flexibility index (Phi) is 3.83. The lowest BCUT2D eigenvalue weighted by molar-refractivity contribution is -0.385. The highest BCUT2D eigenvalue weighted by atomic mass is 79.9. The van der Waals surface area contributed by atoms with Crippen LogP contribution in [0.5, 0.6) is 5.75 Å². The Hall–Kier alpha value is -1.63. The lowest BCUT2D eigenvalue weighted by Crippen LogP contribution is -2.04. The Balaban J connectivity index is 3.47. The molecule has 0 amide bonds. The molecule has 0 heterocycles. The molecule has 7 heteroatoms. The summed E-state index contributed by atoms with van der Waals surface area (Å²) in [6.07, 6.45) is 0. The topological polar surface area (TPSA) is 89.7 Å². The smallest absolute Gasteiger partial charge is 0.342 e. The number of halogens is 1. The van der Waals surface area contributed by atoms with Crippen LogP contribution in [0.15, 0.2) is 12.1 Å². The van der Waals surface area contributed by atoms with Crippen molar-refractivity contribution in [3.05, 3.63) is 33.4 Å². The monoisotopic (exact) mass is 289 g/mol. The molecule has 0 radical (unpaired) electrons. The number of nitro groups is 1. The molecule has 1 aromatic rings. The molecule has 6 nitrogen and oxygen atoms in total. The van der Waals surface area contributed by atoms with Gasteiger partial charge in [-0.3, -0.25) is 10.1 Å². The van der Waals surface area contributed by atoms with Gasteiger partial charge in [-0.2, -0.15) is 0 Å².